The van der Waals surface area contributed by atoms with Gasteiger partial charge in [-0.1, -0.05) is 47.5 Å². The van der Waals surface area contributed by atoms with E-state index < -0.39 is 16.9 Å². The summed E-state index contributed by atoms with van der Waals surface area (Å²) in [6, 6.07) is 16.2. The zero-order chi connectivity index (χ0) is 21.8. The van der Waals surface area contributed by atoms with Crippen LogP contribution < -0.4 is 5.56 Å². The first-order chi connectivity index (χ1) is 15.0. The predicted molar refractivity (Wildman–Crippen MR) is 115 cm³/mol. The van der Waals surface area contributed by atoms with Gasteiger partial charge in [0.1, 0.15) is 5.82 Å². The molecule has 0 amide bonds. The summed E-state index contributed by atoms with van der Waals surface area (Å²) in [5.41, 5.74) is 3.45. The van der Waals surface area contributed by atoms with E-state index in [9.17, 15) is 17.9 Å². The first-order valence-corrected chi connectivity index (χ1v) is 10.7. The highest BCUT2D eigenvalue weighted by molar-refractivity contribution is 7.78. The maximum Gasteiger partial charge on any atom is 0.275 e. The molecule has 0 aliphatic heterocycles. The summed E-state index contributed by atoms with van der Waals surface area (Å²) in [5, 5.41) is 4.34. The second-order valence-corrected chi connectivity index (χ2v) is 7.80. The number of rotatable bonds is 6. The zero-order valence-corrected chi connectivity index (χ0v) is 17.1. The van der Waals surface area contributed by atoms with Crippen LogP contribution in [0.3, 0.4) is 0 Å². The lowest BCUT2D eigenvalue weighted by molar-refractivity contribution is 0.536. The molecular weight excluding hydrogens is 417 g/mol. The average molecular weight is 434 g/mol. The number of hydrogen-bond donors (Lipinski definition) is 0. The number of pyridine rings is 1. The van der Waals surface area contributed by atoms with Crippen LogP contribution in [0.5, 0.6) is 0 Å². The van der Waals surface area contributed by atoms with E-state index in [2.05, 4.69) is 10.1 Å². The first-order valence-electron chi connectivity index (χ1n) is 9.41. The van der Waals surface area contributed by atoms with Gasteiger partial charge in [-0.2, -0.15) is 5.10 Å². The largest absolute Gasteiger partial charge is 0.772 e. The predicted octanol–water partition coefficient (Wildman–Crippen LogP) is 3.54. The molecule has 156 valence electrons. The van der Waals surface area contributed by atoms with Crippen LogP contribution in [0.2, 0.25) is 0 Å². The molecule has 1 atom stereocenters. The fourth-order valence-electron chi connectivity index (χ4n) is 3.29. The smallest absolute Gasteiger partial charge is 0.275 e. The molecule has 0 saturated heterocycles. The van der Waals surface area contributed by atoms with Gasteiger partial charge >= 0.3 is 0 Å². The van der Waals surface area contributed by atoms with Crippen LogP contribution in [0.25, 0.3) is 22.3 Å². The van der Waals surface area contributed by atoms with Crippen molar-refractivity contribution >= 4 is 11.1 Å². The third kappa shape index (κ3) is 4.82. The standard InChI is InChI=1S/C23H18FN3O3S/c24-20-7-5-19(6-8-20)22-21(18-3-1-17(2-4-18)15-31(29)30)13-26-27(23(22)28)14-16-9-11-25-12-10-16/h1-13H,14-15H2,(H,29,30)/p-1. The molecule has 6 nitrogen and oxygen atoms in total. The Hall–Kier alpha value is -3.49. The van der Waals surface area contributed by atoms with Crippen molar-refractivity contribution in [1.82, 2.24) is 14.8 Å². The van der Waals surface area contributed by atoms with Crippen molar-refractivity contribution < 1.29 is 13.2 Å². The number of hydrogen-bond acceptors (Lipinski definition) is 5. The van der Waals surface area contributed by atoms with Gasteiger partial charge < -0.3 is 4.55 Å². The Bertz CT molecular complexity index is 1270. The van der Waals surface area contributed by atoms with Gasteiger partial charge in [0.25, 0.3) is 5.56 Å². The summed E-state index contributed by atoms with van der Waals surface area (Å²) < 4.78 is 36.7. The minimum atomic E-state index is -2.19. The molecule has 8 heteroatoms. The van der Waals surface area contributed by atoms with Gasteiger partial charge in [0.2, 0.25) is 0 Å². The van der Waals surface area contributed by atoms with Crippen molar-refractivity contribution in [2.75, 3.05) is 0 Å². The van der Waals surface area contributed by atoms with E-state index >= 15 is 0 Å². The van der Waals surface area contributed by atoms with Gasteiger partial charge in [-0.3, -0.25) is 14.0 Å². The number of nitrogens with zero attached hydrogens (tertiary/aromatic N) is 3. The topological polar surface area (TPSA) is 87.9 Å². The van der Waals surface area contributed by atoms with Crippen LogP contribution in [0.1, 0.15) is 11.1 Å². The minimum Gasteiger partial charge on any atom is -0.772 e. The quantitative estimate of drug-likeness (QED) is 0.433. The van der Waals surface area contributed by atoms with Crippen LogP contribution in [-0.2, 0) is 23.4 Å². The molecule has 4 aromatic rings. The van der Waals surface area contributed by atoms with E-state index in [0.29, 0.717) is 27.8 Å². The molecule has 1 unspecified atom stereocenters. The van der Waals surface area contributed by atoms with Crippen LogP contribution >= 0.6 is 0 Å². The Morgan fingerprint density at radius 3 is 2.19 bits per heavy atom. The number of aromatic nitrogens is 3. The maximum absolute atomic E-state index is 13.5. The molecule has 0 aliphatic carbocycles. The minimum absolute atomic E-state index is 0.0864. The number of halogens is 1. The molecule has 2 heterocycles. The van der Waals surface area contributed by atoms with Crippen LogP contribution in [0.4, 0.5) is 4.39 Å². The maximum atomic E-state index is 13.5. The summed E-state index contributed by atoms with van der Waals surface area (Å²) in [6.07, 6.45) is 4.89. The van der Waals surface area contributed by atoms with E-state index in [-0.39, 0.29) is 17.9 Å². The summed E-state index contributed by atoms with van der Waals surface area (Å²) in [5.74, 6) is -0.483. The fraction of sp³-hybridized carbons (Fsp3) is 0.0870. The highest BCUT2D eigenvalue weighted by Crippen LogP contribution is 2.29. The highest BCUT2D eigenvalue weighted by atomic mass is 32.2. The average Bonchev–Trinajstić information content (AvgIpc) is 2.77. The summed E-state index contributed by atoms with van der Waals surface area (Å²) in [7, 11) is 0. The SMILES string of the molecule is O=c1c(-c2ccc(F)cc2)c(-c2ccc(CS(=O)[O-])cc2)cnn1Cc1ccncc1. The van der Waals surface area contributed by atoms with Crippen LogP contribution in [0, 0.1) is 5.82 Å². The lowest BCUT2D eigenvalue weighted by Crippen LogP contribution is -2.25. The van der Waals surface area contributed by atoms with E-state index in [4.69, 9.17) is 0 Å². The van der Waals surface area contributed by atoms with Crippen molar-refractivity contribution in [2.45, 2.75) is 12.3 Å². The first kappa shape index (κ1) is 20.8. The molecule has 4 rings (SSSR count). The summed E-state index contributed by atoms with van der Waals surface area (Å²) in [4.78, 5) is 17.4. The van der Waals surface area contributed by atoms with Crippen molar-refractivity contribution in [2.24, 2.45) is 0 Å². The molecule has 0 aliphatic rings. The Morgan fingerprint density at radius 1 is 0.903 bits per heavy atom. The lowest BCUT2D eigenvalue weighted by atomic mass is 9.96. The molecule has 0 spiro atoms. The molecule has 0 bridgehead atoms. The second kappa shape index (κ2) is 9.11. The Balaban J connectivity index is 1.82. The molecule has 0 N–H and O–H groups in total. The Kier molecular flexibility index (Phi) is 6.11. The Morgan fingerprint density at radius 2 is 1.55 bits per heavy atom. The molecule has 0 saturated carbocycles. The molecule has 0 fully saturated rings. The van der Waals surface area contributed by atoms with Crippen LogP contribution in [-0.4, -0.2) is 23.5 Å². The van der Waals surface area contributed by atoms with Gasteiger partial charge in [0.05, 0.1) is 18.3 Å². The molecular formula is C23H17FN3O3S-. The van der Waals surface area contributed by atoms with Gasteiger partial charge in [0.15, 0.2) is 0 Å². The lowest BCUT2D eigenvalue weighted by Gasteiger charge is -2.13. The molecule has 2 aromatic carbocycles. The highest BCUT2D eigenvalue weighted by Gasteiger charge is 2.16. The van der Waals surface area contributed by atoms with Gasteiger partial charge in [0, 0.05) is 23.7 Å². The molecule has 2 aromatic heterocycles. The second-order valence-electron chi connectivity index (χ2n) is 6.90. The van der Waals surface area contributed by atoms with E-state index in [1.165, 1.54) is 16.8 Å². The van der Waals surface area contributed by atoms with Gasteiger partial charge in [-0.05, 0) is 46.5 Å². The van der Waals surface area contributed by atoms with Crippen molar-refractivity contribution in [3.8, 4) is 22.3 Å². The Labute approximate surface area is 180 Å². The molecule has 0 radical (unpaired) electrons. The van der Waals surface area contributed by atoms with Crippen molar-refractivity contribution in [3.63, 3.8) is 0 Å². The van der Waals surface area contributed by atoms with E-state index in [1.807, 2.05) is 0 Å². The zero-order valence-electron chi connectivity index (χ0n) is 16.3. The van der Waals surface area contributed by atoms with Gasteiger partial charge in [-0.25, -0.2) is 9.07 Å². The van der Waals surface area contributed by atoms with E-state index in [0.717, 1.165) is 5.56 Å². The third-order valence-corrected chi connectivity index (χ3v) is 5.38. The normalized spacial score (nSPS) is 11.9. The monoisotopic (exact) mass is 434 g/mol. The molecule has 31 heavy (non-hydrogen) atoms. The summed E-state index contributed by atoms with van der Waals surface area (Å²) >= 11 is -2.19. The summed E-state index contributed by atoms with van der Waals surface area (Å²) in [6.45, 7) is 0.268. The van der Waals surface area contributed by atoms with E-state index in [1.54, 1.807) is 67.1 Å². The fourth-order valence-corrected chi connectivity index (χ4v) is 3.76. The number of benzene rings is 2. The van der Waals surface area contributed by atoms with Crippen LogP contribution in [0.15, 0.2) is 84.0 Å². The third-order valence-electron chi connectivity index (χ3n) is 4.81. The van der Waals surface area contributed by atoms with Crippen molar-refractivity contribution in [3.05, 3.63) is 107 Å². The van der Waals surface area contributed by atoms with Gasteiger partial charge in [-0.15, -0.1) is 0 Å². The van der Waals surface area contributed by atoms with Crippen molar-refractivity contribution in [1.29, 1.82) is 0 Å².